The molecule has 1 N–H and O–H groups in total. The lowest BCUT2D eigenvalue weighted by Crippen LogP contribution is -2.38. The quantitative estimate of drug-likeness (QED) is 0.869. The molecular formula is C19H22FN5O2. The number of rotatable bonds is 5. The van der Waals surface area contributed by atoms with Gasteiger partial charge in [-0.15, -0.1) is 0 Å². The molecule has 0 unspecified atom stereocenters. The van der Waals surface area contributed by atoms with Gasteiger partial charge in [0.25, 0.3) is 5.91 Å². The van der Waals surface area contributed by atoms with Crippen molar-refractivity contribution >= 4 is 17.6 Å². The molecule has 0 aliphatic carbocycles. The van der Waals surface area contributed by atoms with Gasteiger partial charge in [-0.25, -0.2) is 9.37 Å². The molecular weight excluding hydrogens is 349 g/mol. The van der Waals surface area contributed by atoms with Gasteiger partial charge in [0.2, 0.25) is 5.91 Å². The lowest BCUT2D eigenvalue weighted by Gasteiger charge is -2.23. The molecule has 1 atom stereocenters. The second kappa shape index (κ2) is 8.11. The highest BCUT2D eigenvalue weighted by atomic mass is 19.1. The van der Waals surface area contributed by atoms with Gasteiger partial charge < -0.3 is 15.1 Å². The molecule has 1 saturated heterocycles. The summed E-state index contributed by atoms with van der Waals surface area (Å²) in [6.07, 6.45) is 5.03. The van der Waals surface area contributed by atoms with Crippen LogP contribution in [0.5, 0.6) is 0 Å². The summed E-state index contributed by atoms with van der Waals surface area (Å²) in [5.74, 6) is 0.108. The zero-order valence-electron chi connectivity index (χ0n) is 15.4. The van der Waals surface area contributed by atoms with Gasteiger partial charge in [-0.2, -0.15) is 0 Å². The number of carbonyl (C=O) groups is 2. The molecule has 27 heavy (non-hydrogen) atoms. The third kappa shape index (κ3) is 4.58. The van der Waals surface area contributed by atoms with Crippen molar-refractivity contribution in [3.63, 3.8) is 0 Å². The summed E-state index contributed by atoms with van der Waals surface area (Å²) in [5, 5.41) is 3.07. The molecule has 1 aliphatic rings. The Labute approximate surface area is 157 Å². The fourth-order valence-corrected chi connectivity index (χ4v) is 3.05. The number of carbonyl (C=O) groups excluding carboxylic acids is 2. The van der Waals surface area contributed by atoms with Gasteiger partial charge >= 0.3 is 0 Å². The van der Waals surface area contributed by atoms with E-state index in [1.165, 1.54) is 19.2 Å². The normalized spacial score (nSPS) is 16.3. The predicted molar refractivity (Wildman–Crippen MR) is 98.5 cm³/mol. The largest absolute Gasteiger partial charge is 0.366 e. The molecule has 7 nitrogen and oxygen atoms in total. The number of likely N-dealkylation sites (tertiary alicyclic amines) is 1. The summed E-state index contributed by atoms with van der Waals surface area (Å²) in [6, 6.07) is 4.89. The maximum absolute atomic E-state index is 13.1. The molecule has 0 bridgehead atoms. The van der Waals surface area contributed by atoms with Crippen LogP contribution in [-0.2, 0) is 11.3 Å². The molecule has 1 fully saturated rings. The van der Waals surface area contributed by atoms with Gasteiger partial charge in [-0.1, -0.05) is 0 Å². The molecule has 0 spiro atoms. The third-order valence-electron chi connectivity index (χ3n) is 4.74. The number of amides is 2. The molecule has 1 aliphatic heterocycles. The van der Waals surface area contributed by atoms with Crippen LogP contribution in [0.1, 0.15) is 29.3 Å². The Hall–Kier alpha value is -3.03. The van der Waals surface area contributed by atoms with E-state index in [9.17, 15) is 14.0 Å². The standard InChI is InChI=1S/C19H22FN5O2/c1-13(26)24(2)17-5-6-25(12-17)19(27)15-3-4-18(23-10-15)22-9-14-7-16(20)11-21-8-14/h3-4,7-8,10-11,17H,5-6,9,12H2,1-2H3,(H,22,23)/t17-/m0/s1. The number of nitrogens with one attached hydrogen (secondary N) is 1. The van der Waals surface area contributed by atoms with Crippen molar-refractivity contribution in [1.82, 2.24) is 19.8 Å². The van der Waals surface area contributed by atoms with E-state index in [1.54, 1.807) is 35.2 Å². The summed E-state index contributed by atoms with van der Waals surface area (Å²) in [6.45, 7) is 3.06. The molecule has 2 aromatic rings. The second-order valence-corrected chi connectivity index (χ2v) is 6.62. The van der Waals surface area contributed by atoms with Crippen molar-refractivity contribution in [2.75, 3.05) is 25.5 Å². The van der Waals surface area contributed by atoms with Gasteiger partial charge in [0.15, 0.2) is 0 Å². The zero-order chi connectivity index (χ0) is 19.4. The molecule has 2 aromatic heterocycles. The molecule has 3 heterocycles. The summed E-state index contributed by atoms with van der Waals surface area (Å²) in [4.78, 5) is 35.6. The molecule has 0 radical (unpaired) electrons. The summed E-state index contributed by atoms with van der Waals surface area (Å²) < 4.78 is 13.1. The highest BCUT2D eigenvalue weighted by Crippen LogP contribution is 2.18. The first-order chi connectivity index (χ1) is 12.9. The number of likely N-dealkylation sites (N-methyl/N-ethyl adjacent to an activating group) is 1. The monoisotopic (exact) mass is 371 g/mol. The van der Waals surface area contributed by atoms with Crippen molar-refractivity contribution in [2.45, 2.75) is 25.9 Å². The van der Waals surface area contributed by atoms with Crippen molar-refractivity contribution in [3.05, 3.63) is 53.7 Å². The Morgan fingerprint density at radius 2 is 2.15 bits per heavy atom. The Bertz CT molecular complexity index is 827. The SMILES string of the molecule is CC(=O)N(C)[C@H]1CCN(C(=O)c2ccc(NCc3cncc(F)c3)nc2)C1. The van der Waals surface area contributed by atoms with E-state index >= 15 is 0 Å². The van der Waals surface area contributed by atoms with Crippen LogP contribution in [0, 0.1) is 5.82 Å². The summed E-state index contributed by atoms with van der Waals surface area (Å²) in [5.41, 5.74) is 1.20. The van der Waals surface area contributed by atoms with Crippen molar-refractivity contribution < 1.29 is 14.0 Å². The number of halogens is 1. The molecule has 0 aromatic carbocycles. The topological polar surface area (TPSA) is 78.4 Å². The summed E-state index contributed by atoms with van der Waals surface area (Å²) >= 11 is 0. The number of pyridine rings is 2. The minimum absolute atomic E-state index is 0.000102. The minimum Gasteiger partial charge on any atom is -0.366 e. The van der Waals surface area contributed by atoms with Crippen LogP contribution < -0.4 is 5.32 Å². The third-order valence-corrected chi connectivity index (χ3v) is 4.74. The fraction of sp³-hybridized carbons (Fsp3) is 0.368. The number of aromatic nitrogens is 2. The van der Waals surface area contributed by atoms with E-state index in [2.05, 4.69) is 15.3 Å². The van der Waals surface area contributed by atoms with Crippen molar-refractivity contribution in [1.29, 1.82) is 0 Å². The van der Waals surface area contributed by atoms with E-state index in [0.29, 0.717) is 36.6 Å². The maximum atomic E-state index is 13.1. The lowest BCUT2D eigenvalue weighted by molar-refractivity contribution is -0.129. The van der Waals surface area contributed by atoms with Gasteiger partial charge in [-0.05, 0) is 30.2 Å². The highest BCUT2D eigenvalue weighted by molar-refractivity contribution is 5.94. The van der Waals surface area contributed by atoms with Gasteiger partial charge in [0.05, 0.1) is 17.8 Å². The first kappa shape index (κ1) is 18.8. The molecule has 3 rings (SSSR count). The van der Waals surface area contributed by atoms with E-state index in [-0.39, 0.29) is 23.7 Å². The molecule has 2 amide bonds. The first-order valence-electron chi connectivity index (χ1n) is 8.76. The van der Waals surface area contributed by atoms with E-state index in [0.717, 1.165) is 12.6 Å². The maximum Gasteiger partial charge on any atom is 0.255 e. The van der Waals surface area contributed by atoms with E-state index in [1.807, 2.05) is 0 Å². The Balaban J connectivity index is 1.57. The Morgan fingerprint density at radius 3 is 2.81 bits per heavy atom. The fourth-order valence-electron chi connectivity index (χ4n) is 3.05. The van der Waals surface area contributed by atoms with Crippen LogP contribution in [0.2, 0.25) is 0 Å². The van der Waals surface area contributed by atoms with E-state index < -0.39 is 0 Å². The number of anilines is 1. The molecule has 8 heteroatoms. The van der Waals surface area contributed by atoms with E-state index in [4.69, 9.17) is 0 Å². The number of nitrogens with zero attached hydrogens (tertiary/aromatic N) is 4. The zero-order valence-corrected chi connectivity index (χ0v) is 15.4. The second-order valence-electron chi connectivity index (χ2n) is 6.62. The number of hydrogen-bond acceptors (Lipinski definition) is 5. The first-order valence-corrected chi connectivity index (χ1v) is 8.76. The molecule has 142 valence electrons. The van der Waals surface area contributed by atoms with Crippen LogP contribution in [0.3, 0.4) is 0 Å². The van der Waals surface area contributed by atoms with Crippen molar-refractivity contribution in [3.8, 4) is 0 Å². The van der Waals surface area contributed by atoms with Crippen LogP contribution in [0.25, 0.3) is 0 Å². The summed E-state index contributed by atoms with van der Waals surface area (Å²) in [7, 11) is 1.76. The van der Waals surface area contributed by atoms with Crippen LogP contribution in [0.4, 0.5) is 10.2 Å². The predicted octanol–water partition coefficient (Wildman–Crippen LogP) is 1.92. The van der Waals surface area contributed by atoms with Crippen molar-refractivity contribution in [2.24, 2.45) is 0 Å². The highest BCUT2D eigenvalue weighted by Gasteiger charge is 2.30. The molecule has 0 saturated carbocycles. The number of hydrogen-bond donors (Lipinski definition) is 1. The van der Waals surface area contributed by atoms with Crippen LogP contribution in [0.15, 0.2) is 36.8 Å². The van der Waals surface area contributed by atoms with Crippen LogP contribution >= 0.6 is 0 Å². The van der Waals surface area contributed by atoms with Gasteiger partial charge in [-0.3, -0.25) is 14.6 Å². The lowest BCUT2D eigenvalue weighted by atomic mass is 10.2. The van der Waals surface area contributed by atoms with Crippen LogP contribution in [-0.4, -0.2) is 57.8 Å². The Morgan fingerprint density at radius 1 is 1.33 bits per heavy atom. The van der Waals surface area contributed by atoms with Gasteiger partial charge in [0.1, 0.15) is 11.6 Å². The average molecular weight is 371 g/mol. The van der Waals surface area contributed by atoms with Gasteiger partial charge in [0, 0.05) is 46.0 Å². The smallest absolute Gasteiger partial charge is 0.255 e. The minimum atomic E-state index is -0.387. The Kier molecular flexibility index (Phi) is 5.63. The average Bonchev–Trinajstić information content (AvgIpc) is 3.15.